The fourth-order valence-electron chi connectivity index (χ4n) is 3.78. The van der Waals surface area contributed by atoms with Crippen LogP contribution in [0.1, 0.15) is 34.3 Å². The van der Waals surface area contributed by atoms with Crippen molar-refractivity contribution in [3.05, 3.63) is 71.3 Å². The standard InChI is InChI=1S/C23H30N4O/c1-24-22(28)21-10-6-9-20(16-21)17-26-23(25-2)27-13-11-19(12-14-27)15-18-7-4-3-5-8-18/h3-10,16,19H,11-15,17H2,1-2H3,(H,24,28)(H,25,26). The van der Waals surface area contributed by atoms with Crippen LogP contribution in [0.15, 0.2) is 59.6 Å². The van der Waals surface area contributed by atoms with Crippen molar-refractivity contribution in [2.24, 2.45) is 10.9 Å². The lowest BCUT2D eigenvalue weighted by Crippen LogP contribution is -2.45. The van der Waals surface area contributed by atoms with Crippen molar-refractivity contribution in [2.45, 2.75) is 25.8 Å². The molecule has 0 saturated carbocycles. The van der Waals surface area contributed by atoms with Crippen LogP contribution >= 0.6 is 0 Å². The molecule has 0 unspecified atom stereocenters. The number of likely N-dealkylation sites (tertiary alicyclic amines) is 1. The molecule has 2 N–H and O–H groups in total. The van der Waals surface area contributed by atoms with Gasteiger partial charge < -0.3 is 15.5 Å². The Hall–Kier alpha value is -2.82. The molecule has 0 spiro atoms. The van der Waals surface area contributed by atoms with Gasteiger partial charge in [0.15, 0.2) is 5.96 Å². The molecule has 2 aromatic carbocycles. The topological polar surface area (TPSA) is 56.7 Å². The number of hydrogen-bond acceptors (Lipinski definition) is 2. The van der Waals surface area contributed by atoms with Gasteiger partial charge in [-0.25, -0.2) is 0 Å². The summed E-state index contributed by atoms with van der Waals surface area (Å²) in [6.07, 6.45) is 3.52. The minimum absolute atomic E-state index is 0.0632. The van der Waals surface area contributed by atoms with Crippen LogP contribution in [-0.4, -0.2) is 44.0 Å². The summed E-state index contributed by atoms with van der Waals surface area (Å²) in [7, 11) is 3.48. The molecule has 5 nitrogen and oxygen atoms in total. The molecule has 0 aliphatic carbocycles. The number of benzene rings is 2. The van der Waals surface area contributed by atoms with Crippen molar-refractivity contribution in [1.82, 2.24) is 15.5 Å². The van der Waals surface area contributed by atoms with Gasteiger partial charge in [0.25, 0.3) is 5.91 Å². The number of piperidine rings is 1. The Morgan fingerprint density at radius 3 is 2.46 bits per heavy atom. The predicted molar refractivity (Wildman–Crippen MR) is 114 cm³/mol. The van der Waals surface area contributed by atoms with Crippen LogP contribution in [0.4, 0.5) is 0 Å². The van der Waals surface area contributed by atoms with Crippen molar-refractivity contribution in [1.29, 1.82) is 0 Å². The van der Waals surface area contributed by atoms with Crippen LogP contribution in [0.5, 0.6) is 0 Å². The molecule has 1 fully saturated rings. The molecular weight excluding hydrogens is 348 g/mol. The van der Waals surface area contributed by atoms with Crippen molar-refractivity contribution in [3.63, 3.8) is 0 Å². The molecule has 1 saturated heterocycles. The van der Waals surface area contributed by atoms with E-state index in [1.165, 1.54) is 18.4 Å². The maximum Gasteiger partial charge on any atom is 0.251 e. The molecule has 1 aliphatic rings. The highest BCUT2D eigenvalue weighted by Crippen LogP contribution is 2.21. The number of aliphatic imine (C=N–C) groups is 1. The molecule has 1 aliphatic heterocycles. The SMILES string of the molecule is CN=C(NCc1cccc(C(=O)NC)c1)N1CCC(Cc2ccccc2)CC1. The number of nitrogens with one attached hydrogen (secondary N) is 2. The zero-order chi connectivity index (χ0) is 19.8. The number of hydrogen-bond donors (Lipinski definition) is 2. The molecule has 28 heavy (non-hydrogen) atoms. The van der Waals surface area contributed by atoms with E-state index in [4.69, 9.17) is 0 Å². The molecule has 1 heterocycles. The Bertz CT molecular complexity index is 795. The second kappa shape index (κ2) is 9.93. The summed E-state index contributed by atoms with van der Waals surface area (Å²) in [5.74, 6) is 1.61. The van der Waals surface area contributed by atoms with Crippen LogP contribution in [-0.2, 0) is 13.0 Å². The summed E-state index contributed by atoms with van der Waals surface area (Å²) in [5, 5.41) is 6.11. The molecule has 5 heteroatoms. The van der Waals surface area contributed by atoms with Crippen LogP contribution in [0.2, 0.25) is 0 Å². The number of guanidine groups is 1. The van der Waals surface area contributed by atoms with Gasteiger partial charge in [-0.1, -0.05) is 42.5 Å². The third-order valence-corrected chi connectivity index (χ3v) is 5.36. The maximum absolute atomic E-state index is 11.8. The van der Waals surface area contributed by atoms with Gasteiger partial charge in [0.1, 0.15) is 0 Å². The average molecular weight is 379 g/mol. The van der Waals surface area contributed by atoms with Gasteiger partial charge in [0.2, 0.25) is 0 Å². The van der Waals surface area contributed by atoms with E-state index in [1.54, 1.807) is 7.05 Å². The number of carbonyl (C=O) groups is 1. The van der Waals surface area contributed by atoms with Gasteiger partial charge in [0.05, 0.1) is 0 Å². The lowest BCUT2D eigenvalue weighted by atomic mass is 9.90. The summed E-state index contributed by atoms with van der Waals surface area (Å²) in [5.41, 5.74) is 3.18. The van der Waals surface area contributed by atoms with Crippen LogP contribution in [0.3, 0.4) is 0 Å². The Morgan fingerprint density at radius 1 is 1.07 bits per heavy atom. The van der Waals surface area contributed by atoms with Crippen molar-refractivity contribution in [3.8, 4) is 0 Å². The summed E-state index contributed by atoms with van der Waals surface area (Å²) in [6, 6.07) is 18.5. The van der Waals surface area contributed by atoms with Crippen LogP contribution in [0.25, 0.3) is 0 Å². The first-order valence-corrected chi connectivity index (χ1v) is 10.00. The molecule has 0 bridgehead atoms. The monoisotopic (exact) mass is 378 g/mol. The Labute approximate surface area is 167 Å². The summed E-state index contributed by atoms with van der Waals surface area (Å²) < 4.78 is 0. The fraction of sp³-hybridized carbons (Fsp3) is 0.391. The van der Waals surface area contributed by atoms with E-state index in [2.05, 4.69) is 50.9 Å². The summed E-state index contributed by atoms with van der Waals surface area (Å²) in [6.45, 7) is 2.70. The van der Waals surface area contributed by atoms with Crippen molar-refractivity contribution in [2.75, 3.05) is 27.2 Å². The van der Waals surface area contributed by atoms with Gasteiger partial charge in [-0.05, 0) is 48.4 Å². The highest BCUT2D eigenvalue weighted by atomic mass is 16.1. The zero-order valence-corrected chi connectivity index (χ0v) is 16.8. The highest BCUT2D eigenvalue weighted by molar-refractivity contribution is 5.94. The number of carbonyl (C=O) groups excluding carboxylic acids is 1. The summed E-state index contributed by atoms with van der Waals surface area (Å²) in [4.78, 5) is 18.6. The maximum atomic E-state index is 11.8. The van der Waals surface area contributed by atoms with Gasteiger partial charge in [-0.2, -0.15) is 0 Å². The van der Waals surface area contributed by atoms with E-state index in [0.717, 1.165) is 37.0 Å². The van der Waals surface area contributed by atoms with E-state index < -0.39 is 0 Å². The van der Waals surface area contributed by atoms with E-state index in [9.17, 15) is 4.79 Å². The third-order valence-electron chi connectivity index (χ3n) is 5.36. The van der Waals surface area contributed by atoms with Crippen LogP contribution < -0.4 is 10.6 Å². The first kappa shape index (κ1) is 19.9. The van der Waals surface area contributed by atoms with Gasteiger partial charge >= 0.3 is 0 Å². The molecule has 0 radical (unpaired) electrons. The summed E-state index contributed by atoms with van der Waals surface area (Å²) >= 11 is 0. The molecule has 3 rings (SSSR count). The number of rotatable bonds is 5. The minimum atomic E-state index is -0.0632. The van der Waals surface area contributed by atoms with E-state index in [-0.39, 0.29) is 5.91 Å². The zero-order valence-electron chi connectivity index (χ0n) is 16.8. The van der Waals surface area contributed by atoms with E-state index >= 15 is 0 Å². The Balaban J connectivity index is 1.50. The molecule has 0 aromatic heterocycles. The van der Waals surface area contributed by atoms with Crippen molar-refractivity contribution < 1.29 is 4.79 Å². The van der Waals surface area contributed by atoms with Crippen LogP contribution in [0, 0.1) is 5.92 Å². The number of amides is 1. The Kier molecular flexibility index (Phi) is 7.06. The largest absolute Gasteiger partial charge is 0.355 e. The highest BCUT2D eigenvalue weighted by Gasteiger charge is 2.21. The third kappa shape index (κ3) is 5.35. The predicted octanol–water partition coefficient (Wildman–Crippen LogP) is 3.08. The first-order valence-electron chi connectivity index (χ1n) is 10.00. The van der Waals surface area contributed by atoms with Gasteiger partial charge in [-0.15, -0.1) is 0 Å². The normalized spacial score (nSPS) is 15.4. The first-order chi connectivity index (χ1) is 13.7. The molecule has 148 valence electrons. The lowest BCUT2D eigenvalue weighted by molar-refractivity contribution is 0.0963. The quantitative estimate of drug-likeness (QED) is 0.621. The van der Waals surface area contributed by atoms with E-state index in [1.807, 2.05) is 31.3 Å². The second-order valence-electron chi connectivity index (χ2n) is 7.30. The average Bonchev–Trinajstić information content (AvgIpc) is 2.75. The molecule has 1 amide bonds. The second-order valence-corrected chi connectivity index (χ2v) is 7.30. The van der Waals surface area contributed by atoms with Crippen molar-refractivity contribution >= 4 is 11.9 Å². The minimum Gasteiger partial charge on any atom is -0.355 e. The molecular formula is C23H30N4O. The van der Waals surface area contributed by atoms with Gasteiger partial charge in [0, 0.05) is 39.3 Å². The molecule has 0 atom stereocenters. The Morgan fingerprint density at radius 2 is 1.79 bits per heavy atom. The van der Waals surface area contributed by atoms with Gasteiger partial charge in [-0.3, -0.25) is 9.79 Å². The smallest absolute Gasteiger partial charge is 0.251 e. The number of nitrogens with zero attached hydrogens (tertiary/aromatic N) is 2. The fourth-order valence-corrected chi connectivity index (χ4v) is 3.78. The lowest BCUT2D eigenvalue weighted by Gasteiger charge is -2.34. The van der Waals surface area contributed by atoms with E-state index in [0.29, 0.717) is 12.1 Å². The molecule has 2 aromatic rings.